The van der Waals surface area contributed by atoms with Crippen molar-refractivity contribution in [3.63, 3.8) is 0 Å². The van der Waals surface area contributed by atoms with E-state index in [1.54, 1.807) is 44.2 Å². The molecule has 66 heavy (non-hydrogen) atoms. The molecule has 3 rings (SSSR count). The van der Waals surface area contributed by atoms with Gasteiger partial charge in [-0.3, -0.25) is 43.2 Å². The van der Waals surface area contributed by atoms with E-state index in [9.17, 15) is 48.3 Å². The van der Waals surface area contributed by atoms with E-state index in [1.807, 2.05) is 27.7 Å². The number of aromatic hydroxyl groups is 1. The summed E-state index contributed by atoms with van der Waals surface area (Å²) in [5.41, 5.74) is 18.2. The summed E-state index contributed by atoms with van der Waals surface area (Å²) in [6, 6.07) is 5.99. The second-order valence-corrected chi connectivity index (χ2v) is 17.9. The quantitative estimate of drug-likeness (QED) is 0.0585. The highest BCUT2D eigenvalue weighted by atomic mass is 16.3. The number of phenolic OH excluding ortho intramolecular Hbond substituents is 1. The number of carbonyl (C=O) groups is 9. The molecule has 7 atom stereocenters. The predicted molar refractivity (Wildman–Crippen MR) is 244 cm³/mol. The SMILES string of the molecule is CC(C)CC(N)C(=O)N1CCCC1C(=O)NC(C(=O)NC(Cc1ccc(O)cc1)C(=O)NC(CC(N)=O)C(=O)NC(Cc1ccccc1)C(=O)NCC(=O)NC(CC(C)C)C(N)=O)C(C)C. The number of primary amides is 2. The van der Waals surface area contributed by atoms with Crippen LogP contribution in [0.5, 0.6) is 5.75 Å². The number of benzene rings is 2. The molecule has 0 bridgehead atoms. The second-order valence-electron chi connectivity index (χ2n) is 17.9. The van der Waals surface area contributed by atoms with Gasteiger partial charge in [-0.05, 0) is 66.7 Å². The van der Waals surface area contributed by atoms with Gasteiger partial charge in [0.25, 0.3) is 0 Å². The fourth-order valence-corrected chi connectivity index (χ4v) is 7.52. The molecule has 362 valence electrons. The number of hydrogen-bond donors (Lipinski definition) is 10. The first kappa shape index (κ1) is 53.8. The van der Waals surface area contributed by atoms with Crippen molar-refractivity contribution in [3.8, 4) is 5.75 Å². The second kappa shape index (κ2) is 25.8. The molecule has 2 aromatic carbocycles. The zero-order chi connectivity index (χ0) is 49.2. The van der Waals surface area contributed by atoms with Crippen molar-refractivity contribution in [1.82, 2.24) is 36.8 Å². The summed E-state index contributed by atoms with van der Waals surface area (Å²) >= 11 is 0. The maximum atomic E-state index is 14.2. The molecule has 0 radical (unpaired) electrons. The number of hydrogen-bond acceptors (Lipinski definition) is 11. The van der Waals surface area contributed by atoms with Crippen molar-refractivity contribution in [2.45, 2.75) is 129 Å². The molecule has 20 nitrogen and oxygen atoms in total. The van der Waals surface area contributed by atoms with E-state index >= 15 is 0 Å². The van der Waals surface area contributed by atoms with Crippen LogP contribution < -0.4 is 49.1 Å². The van der Waals surface area contributed by atoms with Crippen molar-refractivity contribution in [2.75, 3.05) is 13.1 Å². The molecular weight excluding hydrogens is 853 g/mol. The average Bonchev–Trinajstić information content (AvgIpc) is 3.74. The van der Waals surface area contributed by atoms with Crippen LogP contribution in [-0.4, -0.2) is 119 Å². The Hall–Kier alpha value is -6.57. The molecular formula is C46H68N10O10. The Morgan fingerprint density at radius 1 is 0.667 bits per heavy atom. The van der Waals surface area contributed by atoms with Crippen molar-refractivity contribution < 1.29 is 48.3 Å². The lowest BCUT2D eigenvalue weighted by Gasteiger charge is -2.30. The monoisotopic (exact) mass is 921 g/mol. The molecule has 9 amide bonds. The molecule has 2 aromatic rings. The molecule has 0 saturated carbocycles. The Labute approximate surface area is 385 Å². The number of likely N-dealkylation sites (tertiary alicyclic amines) is 1. The van der Waals surface area contributed by atoms with E-state index in [2.05, 4.69) is 31.9 Å². The lowest BCUT2D eigenvalue weighted by atomic mass is 9.99. The summed E-state index contributed by atoms with van der Waals surface area (Å²) < 4.78 is 0. The van der Waals surface area contributed by atoms with E-state index < -0.39 is 108 Å². The molecule has 1 heterocycles. The van der Waals surface area contributed by atoms with E-state index in [4.69, 9.17) is 17.2 Å². The van der Waals surface area contributed by atoms with Gasteiger partial charge in [-0.2, -0.15) is 0 Å². The van der Waals surface area contributed by atoms with Crippen molar-refractivity contribution >= 4 is 53.2 Å². The highest BCUT2D eigenvalue weighted by molar-refractivity contribution is 5.98. The Kier molecular flexibility index (Phi) is 21.0. The van der Waals surface area contributed by atoms with Crippen LogP contribution in [0.2, 0.25) is 0 Å². The largest absolute Gasteiger partial charge is 0.508 e. The van der Waals surface area contributed by atoms with Crippen LogP contribution in [0, 0.1) is 17.8 Å². The molecule has 0 spiro atoms. The molecule has 0 aromatic heterocycles. The number of nitrogens with zero attached hydrogens (tertiary/aromatic N) is 1. The van der Waals surface area contributed by atoms with Gasteiger partial charge in [-0.15, -0.1) is 0 Å². The number of phenols is 1. The molecule has 1 saturated heterocycles. The van der Waals surface area contributed by atoms with Crippen LogP contribution in [0.25, 0.3) is 0 Å². The first-order chi connectivity index (χ1) is 31.1. The van der Waals surface area contributed by atoms with Gasteiger partial charge < -0.3 is 59.1 Å². The Bertz CT molecular complexity index is 2010. The number of nitrogens with one attached hydrogen (secondary N) is 6. The van der Waals surface area contributed by atoms with Crippen LogP contribution in [0.1, 0.15) is 84.8 Å². The van der Waals surface area contributed by atoms with Gasteiger partial charge in [0.05, 0.1) is 19.0 Å². The molecule has 13 N–H and O–H groups in total. The van der Waals surface area contributed by atoms with Gasteiger partial charge >= 0.3 is 0 Å². The summed E-state index contributed by atoms with van der Waals surface area (Å²) in [4.78, 5) is 121. The predicted octanol–water partition coefficient (Wildman–Crippen LogP) is -0.855. The van der Waals surface area contributed by atoms with Gasteiger partial charge in [0, 0.05) is 19.4 Å². The zero-order valence-electron chi connectivity index (χ0n) is 38.6. The van der Waals surface area contributed by atoms with E-state index in [1.165, 1.54) is 29.2 Å². The molecule has 1 fully saturated rings. The highest BCUT2D eigenvalue weighted by Gasteiger charge is 2.39. The van der Waals surface area contributed by atoms with Gasteiger partial charge in [0.2, 0.25) is 53.2 Å². The van der Waals surface area contributed by atoms with E-state index in [-0.39, 0.29) is 42.8 Å². The fourth-order valence-electron chi connectivity index (χ4n) is 7.52. The van der Waals surface area contributed by atoms with Gasteiger partial charge in [-0.25, -0.2) is 0 Å². The summed E-state index contributed by atoms with van der Waals surface area (Å²) in [5, 5.41) is 25.3. The first-order valence-electron chi connectivity index (χ1n) is 22.3. The number of carbonyl (C=O) groups excluding carboxylic acids is 9. The maximum absolute atomic E-state index is 14.2. The number of amides is 9. The Morgan fingerprint density at radius 2 is 1.21 bits per heavy atom. The number of rotatable bonds is 25. The minimum Gasteiger partial charge on any atom is -0.508 e. The molecule has 7 unspecified atom stereocenters. The summed E-state index contributed by atoms with van der Waals surface area (Å²) in [5.74, 6) is -7.32. The first-order valence-corrected chi connectivity index (χ1v) is 22.3. The molecule has 1 aliphatic heterocycles. The average molecular weight is 921 g/mol. The zero-order valence-corrected chi connectivity index (χ0v) is 38.6. The normalized spacial score (nSPS) is 16.3. The van der Waals surface area contributed by atoms with Gasteiger partial charge in [-0.1, -0.05) is 84.0 Å². The third-order valence-electron chi connectivity index (χ3n) is 10.9. The summed E-state index contributed by atoms with van der Waals surface area (Å²) in [6.07, 6.45) is 0.594. The van der Waals surface area contributed by atoms with Gasteiger partial charge in [0.1, 0.15) is 42.0 Å². The summed E-state index contributed by atoms with van der Waals surface area (Å²) in [6.45, 7) is 10.7. The summed E-state index contributed by atoms with van der Waals surface area (Å²) in [7, 11) is 0. The van der Waals surface area contributed by atoms with Crippen molar-refractivity contribution in [3.05, 3.63) is 65.7 Å². The van der Waals surface area contributed by atoms with Crippen LogP contribution >= 0.6 is 0 Å². The van der Waals surface area contributed by atoms with Crippen LogP contribution in [0.4, 0.5) is 0 Å². The molecule has 20 heteroatoms. The number of nitrogens with two attached hydrogens (primary N) is 3. The third kappa shape index (κ3) is 17.4. The molecule has 1 aliphatic rings. The van der Waals surface area contributed by atoms with E-state index in [0.29, 0.717) is 36.9 Å². The van der Waals surface area contributed by atoms with Crippen molar-refractivity contribution in [2.24, 2.45) is 35.0 Å². The fraction of sp³-hybridized carbons (Fsp3) is 0.543. The Balaban J connectivity index is 1.86. The van der Waals surface area contributed by atoms with Crippen LogP contribution in [0.3, 0.4) is 0 Å². The van der Waals surface area contributed by atoms with Gasteiger partial charge in [0.15, 0.2) is 0 Å². The maximum Gasteiger partial charge on any atom is 0.243 e. The van der Waals surface area contributed by atoms with Crippen LogP contribution in [0.15, 0.2) is 54.6 Å². The molecule has 0 aliphatic carbocycles. The smallest absolute Gasteiger partial charge is 0.243 e. The van der Waals surface area contributed by atoms with Crippen molar-refractivity contribution in [1.29, 1.82) is 0 Å². The lowest BCUT2D eigenvalue weighted by molar-refractivity contribution is -0.141. The minimum absolute atomic E-state index is 0.0210. The van der Waals surface area contributed by atoms with E-state index in [0.717, 1.165) is 0 Å². The topological polar surface area (TPSA) is 327 Å². The minimum atomic E-state index is -1.68. The lowest BCUT2D eigenvalue weighted by Crippen LogP contribution is -2.61. The standard InChI is InChI=1S/C46H68N10O10/c1-25(2)19-31(47)46(66)56-18-10-13-36(56)44(64)55-39(27(5)6)45(65)54-34(22-29-14-16-30(57)17-15-29)42(62)53-35(23-37(48)58)43(63)52-33(21-28-11-8-7-9-12-28)41(61)50-24-38(59)51-32(40(49)60)20-26(3)4/h7-9,11-12,14-17,25-27,31-36,39,57H,10,13,18-24,47H2,1-6H3,(H2,48,58)(H2,49,60)(H,50,61)(H,51,59)(H,52,63)(H,53,62)(H,54,65)(H,55,64). The van der Waals surface area contributed by atoms with Crippen LogP contribution in [-0.2, 0) is 56.0 Å². The highest BCUT2D eigenvalue weighted by Crippen LogP contribution is 2.21. The third-order valence-corrected chi connectivity index (χ3v) is 10.9. The Morgan fingerprint density at radius 3 is 1.77 bits per heavy atom.